The zero-order chi connectivity index (χ0) is 17.4. The summed E-state index contributed by atoms with van der Waals surface area (Å²) in [6.45, 7) is 3.69. The number of carbonyl (C=O) groups excluding carboxylic acids is 1. The minimum absolute atomic E-state index is 0.252. The molecule has 1 aliphatic heterocycles. The third-order valence-corrected chi connectivity index (χ3v) is 3.99. The molecule has 8 nitrogen and oxygen atoms in total. The third kappa shape index (κ3) is 2.67. The summed E-state index contributed by atoms with van der Waals surface area (Å²) in [5.41, 5.74) is 1.82. The van der Waals surface area contributed by atoms with Gasteiger partial charge in [0.2, 0.25) is 5.95 Å². The van der Waals surface area contributed by atoms with Gasteiger partial charge in [-0.2, -0.15) is 10.1 Å². The number of carbonyl (C=O) groups is 1. The van der Waals surface area contributed by atoms with Crippen molar-refractivity contribution in [1.29, 1.82) is 0 Å². The van der Waals surface area contributed by atoms with E-state index in [1.807, 2.05) is 26.0 Å². The van der Waals surface area contributed by atoms with E-state index in [4.69, 9.17) is 4.42 Å². The van der Waals surface area contributed by atoms with Gasteiger partial charge in [-0.1, -0.05) is 0 Å². The van der Waals surface area contributed by atoms with Gasteiger partial charge in [-0.3, -0.25) is 9.78 Å². The lowest BCUT2D eigenvalue weighted by atomic mass is 10.00. The summed E-state index contributed by atoms with van der Waals surface area (Å²) in [5, 5.41) is 10.2. The highest BCUT2D eigenvalue weighted by atomic mass is 16.3. The molecule has 0 aliphatic carbocycles. The minimum Gasteiger partial charge on any atom is -0.464 e. The van der Waals surface area contributed by atoms with E-state index in [0.717, 1.165) is 5.76 Å². The van der Waals surface area contributed by atoms with Gasteiger partial charge in [0.05, 0.1) is 17.5 Å². The second-order valence-electron chi connectivity index (χ2n) is 5.74. The third-order valence-electron chi connectivity index (χ3n) is 3.99. The summed E-state index contributed by atoms with van der Waals surface area (Å²) in [7, 11) is 0. The van der Waals surface area contributed by atoms with Gasteiger partial charge in [0.25, 0.3) is 5.91 Å². The molecule has 8 heteroatoms. The van der Waals surface area contributed by atoms with E-state index in [9.17, 15) is 4.79 Å². The van der Waals surface area contributed by atoms with Crippen LogP contribution in [0.25, 0.3) is 0 Å². The van der Waals surface area contributed by atoms with Crippen LogP contribution in [0.15, 0.2) is 58.7 Å². The van der Waals surface area contributed by atoms with E-state index in [1.54, 1.807) is 29.2 Å². The van der Waals surface area contributed by atoms with Gasteiger partial charge in [-0.25, -0.2) is 4.68 Å². The summed E-state index contributed by atoms with van der Waals surface area (Å²) < 4.78 is 7.43. The first kappa shape index (κ1) is 15.1. The molecule has 0 fully saturated rings. The molecule has 4 heterocycles. The molecule has 1 atom stereocenters. The first-order valence-corrected chi connectivity index (χ1v) is 7.78. The zero-order valence-electron chi connectivity index (χ0n) is 13.7. The van der Waals surface area contributed by atoms with E-state index >= 15 is 0 Å². The number of allylic oxidation sites excluding steroid dienone is 1. The monoisotopic (exact) mass is 336 g/mol. The molecule has 0 saturated heterocycles. The number of aryl methyl sites for hydroxylation is 1. The molecule has 0 spiro atoms. The second kappa shape index (κ2) is 5.90. The number of pyridine rings is 1. The first-order valence-electron chi connectivity index (χ1n) is 7.78. The number of nitrogens with one attached hydrogen (secondary N) is 2. The average Bonchev–Trinajstić information content (AvgIpc) is 3.23. The molecule has 1 unspecified atom stereocenters. The fourth-order valence-corrected chi connectivity index (χ4v) is 2.88. The number of anilines is 2. The molecule has 0 aromatic carbocycles. The Bertz CT molecular complexity index is 956. The molecule has 0 saturated carbocycles. The molecule has 0 bridgehead atoms. The lowest BCUT2D eigenvalue weighted by molar-refractivity contribution is -0.113. The van der Waals surface area contributed by atoms with Crippen molar-refractivity contribution in [1.82, 2.24) is 19.7 Å². The SMILES string of the molecule is CC1=C(C(=O)Nc2cccnc2)C(c2ccc(C)o2)n2ncnc2N1. The van der Waals surface area contributed by atoms with E-state index in [2.05, 4.69) is 25.7 Å². The smallest absolute Gasteiger partial charge is 0.256 e. The van der Waals surface area contributed by atoms with Gasteiger partial charge in [-0.05, 0) is 38.1 Å². The van der Waals surface area contributed by atoms with Crippen molar-refractivity contribution in [3.63, 3.8) is 0 Å². The maximum Gasteiger partial charge on any atom is 0.256 e. The van der Waals surface area contributed by atoms with E-state index < -0.39 is 6.04 Å². The number of aromatic nitrogens is 4. The highest BCUT2D eigenvalue weighted by Crippen LogP contribution is 2.35. The Kier molecular flexibility index (Phi) is 3.57. The summed E-state index contributed by atoms with van der Waals surface area (Å²) in [4.78, 5) is 21.2. The van der Waals surface area contributed by atoms with Gasteiger partial charge in [0, 0.05) is 11.9 Å². The molecule has 1 aliphatic rings. The number of rotatable bonds is 3. The van der Waals surface area contributed by atoms with Crippen LogP contribution in [0.3, 0.4) is 0 Å². The molecule has 1 amide bonds. The van der Waals surface area contributed by atoms with Crippen molar-refractivity contribution in [2.45, 2.75) is 19.9 Å². The molecule has 3 aromatic rings. The van der Waals surface area contributed by atoms with Crippen molar-refractivity contribution >= 4 is 17.5 Å². The fraction of sp³-hybridized carbons (Fsp3) is 0.176. The highest BCUT2D eigenvalue weighted by Gasteiger charge is 2.35. The Labute approximate surface area is 143 Å². The molecular weight excluding hydrogens is 320 g/mol. The van der Waals surface area contributed by atoms with Crippen molar-refractivity contribution in [2.75, 3.05) is 10.6 Å². The Morgan fingerprint density at radius 1 is 1.32 bits per heavy atom. The van der Waals surface area contributed by atoms with Gasteiger partial charge < -0.3 is 15.1 Å². The first-order chi connectivity index (χ1) is 12.1. The van der Waals surface area contributed by atoms with E-state index in [0.29, 0.717) is 28.7 Å². The van der Waals surface area contributed by atoms with Crippen LogP contribution in [0, 0.1) is 6.92 Å². The summed E-state index contributed by atoms with van der Waals surface area (Å²) >= 11 is 0. The van der Waals surface area contributed by atoms with Crippen molar-refractivity contribution in [3.8, 4) is 0 Å². The molecule has 3 aromatic heterocycles. The summed E-state index contributed by atoms with van der Waals surface area (Å²) in [5.74, 6) is 1.70. The Balaban J connectivity index is 1.76. The Morgan fingerprint density at radius 3 is 2.92 bits per heavy atom. The molecular formula is C17H16N6O2. The topological polar surface area (TPSA) is 97.9 Å². The minimum atomic E-state index is -0.496. The van der Waals surface area contributed by atoms with Crippen molar-refractivity contribution < 1.29 is 9.21 Å². The predicted octanol–water partition coefficient (Wildman–Crippen LogP) is 2.50. The van der Waals surface area contributed by atoms with Crippen LogP contribution in [0.4, 0.5) is 11.6 Å². The lowest BCUT2D eigenvalue weighted by Gasteiger charge is -2.27. The van der Waals surface area contributed by atoms with Crippen LogP contribution < -0.4 is 10.6 Å². The second-order valence-corrected chi connectivity index (χ2v) is 5.74. The standard InChI is InChI=1S/C17H16N6O2/c1-10-5-6-13(25-10)15-14(11(2)21-17-19-9-20-23(15)17)16(24)22-12-4-3-7-18-8-12/h3-9,15H,1-2H3,(H,22,24)(H,19,20,21). The Hall–Kier alpha value is -3.42. The van der Waals surface area contributed by atoms with E-state index in [-0.39, 0.29) is 5.91 Å². The van der Waals surface area contributed by atoms with Crippen LogP contribution in [-0.2, 0) is 4.79 Å². The maximum atomic E-state index is 13.0. The number of amides is 1. The largest absolute Gasteiger partial charge is 0.464 e. The quantitative estimate of drug-likeness (QED) is 0.762. The molecule has 4 rings (SSSR count). The number of hydrogen-bond acceptors (Lipinski definition) is 6. The molecule has 0 radical (unpaired) electrons. The van der Waals surface area contributed by atoms with E-state index in [1.165, 1.54) is 6.33 Å². The van der Waals surface area contributed by atoms with Crippen LogP contribution in [0.1, 0.15) is 24.5 Å². The predicted molar refractivity (Wildman–Crippen MR) is 90.8 cm³/mol. The normalized spacial score (nSPS) is 16.3. The zero-order valence-corrected chi connectivity index (χ0v) is 13.7. The van der Waals surface area contributed by atoms with Gasteiger partial charge in [-0.15, -0.1) is 0 Å². The van der Waals surface area contributed by atoms with Crippen molar-refractivity contribution in [2.24, 2.45) is 0 Å². The molecule has 2 N–H and O–H groups in total. The molecule has 25 heavy (non-hydrogen) atoms. The molecule has 126 valence electrons. The van der Waals surface area contributed by atoms with Crippen molar-refractivity contribution in [3.05, 3.63) is 65.8 Å². The lowest BCUT2D eigenvalue weighted by Crippen LogP contribution is -2.31. The Morgan fingerprint density at radius 2 is 2.20 bits per heavy atom. The summed E-state index contributed by atoms with van der Waals surface area (Å²) in [6.07, 6.45) is 4.69. The fourth-order valence-electron chi connectivity index (χ4n) is 2.88. The van der Waals surface area contributed by atoms with Gasteiger partial charge in [0.1, 0.15) is 23.9 Å². The number of fused-ring (bicyclic) bond motifs is 1. The van der Waals surface area contributed by atoms with Gasteiger partial charge >= 0.3 is 0 Å². The number of furan rings is 1. The van der Waals surface area contributed by atoms with Crippen LogP contribution in [-0.4, -0.2) is 25.7 Å². The average molecular weight is 336 g/mol. The highest BCUT2D eigenvalue weighted by molar-refractivity contribution is 6.05. The summed E-state index contributed by atoms with van der Waals surface area (Å²) in [6, 6.07) is 6.76. The number of nitrogens with zero attached hydrogens (tertiary/aromatic N) is 4. The van der Waals surface area contributed by atoms with Crippen LogP contribution in [0.2, 0.25) is 0 Å². The van der Waals surface area contributed by atoms with Crippen LogP contribution >= 0.6 is 0 Å². The maximum absolute atomic E-state index is 13.0. The van der Waals surface area contributed by atoms with Gasteiger partial charge in [0.15, 0.2) is 0 Å². The number of hydrogen-bond donors (Lipinski definition) is 2. The van der Waals surface area contributed by atoms with Crippen LogP contribution in [0.5, 0.6) is 0 Å².